The molecule has 0 fully saturated rings. The van der Waals surface area contributed by atoms with Crippen molar-refractivity contribution in [2.75, 3.05) is 7.05 Å². The molecule has 0 aliphatic heterocycles. The van der Waals surface area contributed by atoms with Crippen LogP contribution in [0.15, 0.2) is 10.9 Å². The van der Waals surface area contributed by atoms with E-state index in [9.17, 15) is 4.79 Å². The van der Waals surface area contributed by atoms with E-state index in [2.05, 4.69) is 10.3 Å². The van der Waals surface area contributed by atoms with Crippen LogP contribution in [-0.2, 0) is 19.4 Å². The lowest BCUT2D eigenvalue weighted by Crippen LogP contribution is -2.19. The number of fused-ring (bicyclic) bond motifs is 1. The van der Waals surface area contributed by atoms with E-state index in [0.29, 0.717) is 6.54 Å². The summed E-state index contributed by atoms with van der Waals surface area (Å²) in [6, 6.07) is 2.04. The van der Waals surface area contributed by atoms with Gasteiger partial charge in [-0.15, -0.1) is 0 Å². The van der Waals surface area contributed by atoms with Crippen LogP contribution in [0.3, 0.4) is 0 Å². The largest absolute Gasteiger partial charge is 0.326 e. The number of rotatable bonds is 2. The zero-order valence-corrected chi connectivity index (χ0v) is 7.81. The summed E-state index contributed by atoms with van der Waals surface area (Å²) >= 11 is 0. The van der Waals surface area contributed by atoms with E-state index in [0.717, 1.165) is 24.1 Å². The van der Waals surface area contributed by atoms with Crippen LogP contribution >= 0.6 is 0 Å². The Hall–Kier alpha value is -1.09. The lowest BCUT2D eigenvalue weighted by atomic mass is 10.1. The van der Waals surface area contributed by atoms with E-state index in [1.165, 1.54) is 12.0 Å². The second kappa shape index (κ2) is 3.34. The van der Waals surface area contributed by atoms with Gasteiger partial charge in [-0.25, -0.2) is 0 Å². The molecular formula is C10H14N2O. The van der Waals surface area contributed by atoms with Gasteiger partial charge >= 0.3 is 0 Å². The third-order valence-electron chi connectivity index (χ3n) is 2.53. The summed E-state index contributed by atoms with van der Waals surface area (Å²) in [6.07, 6.45) is 3.32. The average Bonchev–Trinajstić information content (AvgIpc) is 2.52. The fraction of sp³-hybridized carbons (Fsp3) is 0.500. The van der Waals surface area contributed by atoms with Gasteiger partial charge in [0.1, 0.15) is 0 Å². The summed E-state index contributed by atoms with van der Waals surface area (Å²) < 4.78 is 0. The maximum atomic E-state index is 11.5. The molecule has 1 aromatic rings. The molecule has 1 heterocycles. The molecule has 0 radical (unpaired) electrons. The van der Waals surface area contributed by atoms with Crippen LogP contribution in [0.4, 0.5) is 0 Å². The van der Waals surface area contributed by atoms with E-state index in [4.69, 9.17) is 0 Å². The second-order valence-corrected chi connectivity index (χ2v) is 3.51. The normalized spacial score (nSPS) is 14.5. The molecule has 0 unspecified atom stereocenters. The third-order valence-corrected chi connectivity index (χ3v) is 2.53. The maximum Gasteiger partial charge on any atom is 0.252 e. The number of aromatic nitrogens is 1. The molecule has 2 rings (SSSR count). The number of nitrogens with one attached hydrogen (secondary N) is 2. The fourth-order valence-corrected chi connectivity index (χ4v) is 1.88. The first-order valence-electron chi connectivity index (χ1n) is 4.70. The Kier molecular flexibility index (Phi) is 2.19. The maximum absolute atomic E-state index is 11.5. The van der Waals surface area contributed by atoms with Crippen molar-refractivity contribution < 1.29 is 0 Å². The van der Waals surface area contributed by atoms with Crippen LogP contribution in [0.2, 0.25) is 0 Å². The van der Waals surface area contributed by atoms with Crippen molar-refractivity contribution in [2.24, 2.45) is 0 Å². The molecular weight excluding hydrogens is 164 g/mol. The highest BCUT2D eigenvalue weighted by molar-refractivity contribution is 5.28. The summed E-state index contributed by atoms with van der Waals surface area (Å²) in [7, 11) is 1.85. The number of aryl methyl sites for hydroxylation is 2. The van der Waals surface area contributed by atoms with E-state index in [1.807, 2.05) is 13.1 Å². The first-order valence-corrected chi connectivity index (χ1v) is 4.70. The van der Waals surface area contributed by atoms with Crippen molar-refractivity contribution in [1.82, 2.24) is 10.3 Å². The molecule has 0 saturated heterocycles. The Bertz CT molecular complexity index is 368. The van der Waals surface area contributed by atoms with Crippen LogP contribution in [0.25, 0.3) is 0 Å². The Morgan fingerprint density at radius 3 is 3.15 bits per heavy atom. The quantitative estimate of drug-likeness (QED) is 0.696. The monoisotopic (exact) mass is 178 g/mol. The van der Waals surface area contributed by atoms with Gasteiger partial charge in [-0.2, -0.15) is 0 Å². The van der Waals surface area contributed by atoms with Gasteiger partial charge in [0.25, 0.3) is 5.56 Å². The van der Waals surface area contributed by atoms with Crippen molar-refractivity contribution in [2.45, 2.75) is 25.8 Å². The van der Waals surface area contributed by atoms with Crippen molar-refractivity contribution in [3.8, 4) is 0 Å². The van der Waals surface area contributed by atoms with Gasteiger partial charge < -0.3 is 10.3 Å². The molecule has 3 heteroatoms. The molecule has 0 spiro atoms. The van der Waals surface area contributed by atoms with Crippen molar-refractivity contribution in [1.29, 1.82) is 0 Å². The summed E-state index contributed by atoms with van der Waals surface area (Å²) in [6.45, 7) is 0.655. The minimum atomic E-state index is 0.0648. The Labute approximate surface area is 77.2 Å². The van der Waals surface area contributed by atoms with Gasteiger partial charge in [0.15, 0.2) is 0 Å². The lowest BCUT2D eigenvalue weighted by molar-refractivity contribution is 0.801. The zero-order valence-electron chi connectivity index (χ0n) is 7.81. The summed E-state index contributed by atoms with van der Waals surface area (Å²) in [5.41, 5.74) is 3.38. The van der Waals surface area contributed by atoms with E-state index >= 15 is 0 Å². The molecule has 1 aromatic heterocycles. The van der Waals surface area contributed by atoms with Crippen molar-refractivity contribution >= 4 is 0 Å². The Balaban J connectivity index is 2.43. The molecule has 0 saturated carbocycles. The minimum Gasteiger partial charge on any atom is -0.326 e. The fourth-order valence-electron chi connectivity index (χ4n) is 1.88. The molecule has 1 aliphatic rings. The number of hydrogen-bond acceptors (Lipinski definition) is 2. The van der Waals surface area contributed by atoms with E-state index in [1.54, 1.807) is 0 Å². The topological polar surface area (TPSA) is 44.9 Å². The zero-order chi connectivity index (χ0) is 9.26. The first kappa shape index (κ1) is 8.51. The van der Waals surface area contributed by atoms with Crippen LogP contribution in [0.1, 0.15) is 23.2 Å². The molecule has 1 aliphatic carbocycles. The summed E-state index contributed by atoms with van der Waals surface area (Å²) in [5, 5.41) is 3.00. The van der Waals surface area contributed by atoms with Gasteiger partial charge in [0.2, 0.25) is 0 Å². The number of aromatic amines is 1. The molecule has 0 aromatic carbocycles. The third kappa shape index (κ3) is 1.52. The van der Waals surface area contributed by atoms with Gasteiger partial charge in [0.05, 0.1) is 0 Å². The predicted molar refractivity (Wildman–Crippen MR) is 51.9 cm³/mol. The number of pyridine rings is 1. The van der Waals surface area contributed by atoms with E-state index < -0.39 is 0 Å². The van der Waals surface area contributed by atoms with Gasteiger partial charge in [-0.1, -0.05) is 0 Å². The van der Waals surface area contributed by atoms with Crippen LogP contribution < -0.4 is 10.9 Å². The smallest absolute Gasteiger partial charge is 0.252 e. The van der Waals surface area contributed by atoms with Crippen LogP contribution in [0.5, 0.6) is 0 Å². The minimum absolute atomic E-state index is 0.0648. The highest BCUT2D eigenvalue weighted by Crippen LogP contribution is 2.18. The predicted octanol–water partition coefficient (Wildman–Crippen LogP) is 0.583. The van der Waals surface area contributed by atoms with Gasteiger partial charge in [-0.05, 0) is 37.9 Å². The number of H-pyrrole nitrogens is 1. The highest BCUT2D eigenvalue weighted by atomic mass is 16.1. The summed E-state index contributed by atoms with van der Waals surface area (Å²) in [5.74, 6) is 0. The molecule has 3 nitrogen and oxygen atoms in total. The van der Waals surface area contributed by atoms with Crippen molar-refractivity contribution in [3.05, 3.63) is 33.2 Å². The number of hydrogen-bond donors (Lipinski definition) is 2. The Morgan fingerprint density at radius 1 is 1.54 bits per heavy atom. The molecule has 0 amide bonds. The highest BCUT2D eigenvalue weighted by Gasteiger charge is 2.13. The molecule has 0 bridgehead atoms. The van der Waals surface area contributed by atoms with Crippen LogP contribution in [0, 0.1) is 0 Å². The average molecular weight is 178 g/mol. The second-order valence-electron chi connectivity index (χ2n) is 3.51. The molecule has 13 heavy (non-hydrogen) atoms. The molecule has 0 atom stereocenters. The molecule has 2 N–H and O–H groups in total. The SMILES string of the molecule is CNCc1cc2c([nH]c1=O)CCC2. The first-order chi connectivity index (χ1) is 6.31. The lowest BCUT2D eigenvalue weighted by Gasteiger charge is -2.02. The standard InChI is InChI=1S/C10H14N2O/c1-11-6-8-5-7-3-2-4-9(7)12-10(8)13/h5,11H,2-4,6H2,1H3,(H,12,13). The Morgan fingerprint density at radius 2 is 2.38 bits per heavy atom. The van der Waals surface area contributed by atoms with Crippen molar-refractivity contribution in [3.63, 3.8) is 0 Å². The summed E-state index contributed by atoms with van der Waals surface area (Å²) in [4.78, 5) is 14.4. The van der Waals surface area contributed by atoms with Gasteiger partial charge in [-0.3, -0.25) is 4.79 Å². The van der Waals surface area contributed by atoms with Crippen LogP contribution in [-0.4, -0.2) is 12.0 Å². The van der Waals surface area contributed by atoms with E-state index in [-0.39, 0.29) is 5.56 Å². The molecule has 70 valence electrons. The van der Waals surface area contributed by atoms with Gasteiger partial charge in [0, 0.05) is 17.8 Å².